The Kier molecular flexibility index (Phi) is 5.42. The number of fused-ring (bicyclic) bond motifs is 1. The van der Waals surface area contributed by atoms with Crippen LogP contribution in [0.1, 0.15) is 53.6 Å². The summed E-state index contributed by atoms with van der Waals surface area (Å²) in [6.45, 7) is 5.35. The summed E-state index contributed by atoms with van der Waals surface area (Å²) in [5, 5.41) is 0. The van der Waals surface area contributed by atoms with E-state index >= 15 is 0 Å². The number of ether oxygens (including phenoxy) is 1. The topological polar surface area (TPSA) is 29.5 Å². The number of carbonyl (C=O) groups excluding carboxylic acids is 1. The van der Waals surface area contributed by atoms with Crippen molar-refractivity contribution in [1.29, 1.82) is 0 Å². The maximum absolute atomic E-state index is 13.3. The first-order chi connectivity index (χ1) is 13.2. The van der Waals surface area contributed by atoms with E-state index in [4.69, 9.17) is 4.74 Å². The molecule has 0 radical (unpaired) electrons. The molecule has 2 aromatic carbocycles. The molecule has 3 nitrogen and oxygen atoms in total. The highest BCUT2D eigenvalue weighted by atomic mass is 16.5. The molecule has 0 saturated carbocycles. The zero-order valence-corrected chi connectivity index (χ0v) is 16.2. The normalized spacial score (nSPS) is 24.0. The maximum Gasteiger partial charge on any atom is 0.196 e. The van der Waals surface area contributed by atoms with Crippen LogP contribution in [0.3, 0.4) is 0 Å². The van der Waals surface area contributed by atoms with Crippen LogP contribution in [0.4, 0.5) is 0 Å². The molecule has 1 saturated heterocycles. The van der Waals surface area contributed by atoms with Gasteiger partial charge < -0.3 is 4.74 Å². The predicted molar refractivity (Wildman–Crippen MR) is 108 cm³/mol. The Morgan fingerprint density at radius 2 is 1.74 bits per heavy atom. The number of benzene rings is 2. The third-order valence-electron chi connectivity index (χ3n) is 6.23. The molecule has 142 valence electrons. The van der Waals surface area contributed by atoms with E-state index in [0.717, 1.165) is 50.9 Å². The van der Waals surface area contributed by atoms with E-state index in [0.29, 0.717) is 12.5 Å². The van der Waals surface area contributed by atoms with Crippen LogP contribution in [-0.2, 0) is 11.2 Å². The Hall–Kier alpha value is -1.97. The smallest absolute Gasteiger partial charge is 0.196 e. The highest BCUT2D eigenvalue weighted by molar-refractivity contribution is 6.05. The van der Waals surface area contributed by atoms with Gasteiger partial charge in [-0.25, -0.2) is 0 Å². The minimum atomic E-state index is -0.678. The molecule has 1 unspecified atom stereocenters. The number of aryl methyl sites for hydroxylation is 1. The summed E-state index contributed by atoms with van der Waals surface area (Å²) in [5.41, 5.74) is 2.79. The Bertz CT molecular complexity index is 780. The number of hydrogen-bond donors (Lipinski definition) is 0. The van der Waals surface area contributed by atoms with Crippen molar-refractivity contribution in [2.45, 2.75) is 44.1 Å². The molecule has 1 atom stereocenters. The first-order valence-electron chi connectivity index (χ1n) is 10.3. The van der Waals surface area contributed by atoms with Crippen LogP contribution < -0.4 is 0 Å². The van der Waals surface area contributed by atoms with Crippen molar-refractivity contribution in [2.75, 3.05) is 26.2 Å². The number of nitrogens with zero attached hydrogens (tertiary/aromatic N) is 1. The lowest BCUT2D eigenvalue weighted by Gasteiger charge is -2.42. The summed E-state index contributed by atoms with van der Waals surface area (Å²) >= 11 is 0. The molecule has 2 aliphatic rings. The molecule has 1 aliphatic heterocycles. The van der Waals surface area contributed by atoms with Gasteiger partial charge in [0.15, 0.2) is 5.78 Å². The van der Waals surface area contributed by atoms with Gasteiger partial charge in [0.1, 0.15) is 5.60 Å². The second kappa shape index (κ2) is 7.95. The fourth-order valence-corrected chi connectivity index (χ4v) is 4.78. The van der Waals surface area contributed by atoms with Crippen molar-refractivity contribution >= 4 is 5.78 Å². The van der Waals surface area contributed by atoms with Gasteiger partial charge >= 0.3 is 0 Å². The number of hydrogen-bond acceptors (Lipinski definition) is 3. The third kappa shape index (κ3) is 3.71. The molecular formula is C24H29NO2. The minimum absolute atomic E-state index is 0.177. The SMILES string of the molecule is CCOC1(CN2CCC(c3ccccc3)CC2)CCc2ccccc2C1=O. The lowest BCUT2D eigenvalue weighted by atomic mass is 9.78. The molecule has 2 aromatic rings. The standard InChI is InChI=1S/C24H29NO2/c1-2-27-24(15-12-21-10-6-7-11-22(21)23(24)26)18-25-16-13-20(14-17-25)19-8-4-3-5-9-19/h3-11,20H,2,12-18H2,1H3. The van der Waals surface area contributed by atoms with E-state index in [1.807, 2.05) is 25.1 Å². The van der Waals surface area contributed by atoms with Crippen LogP contribution in [0, 0.1) is 0 Å². The van der Waals surface area contributed by atoms with Crippen LogP contribution >= 0.6 is 0 Å². The average Bonchev–Trinajstić information content (AvgIpc) is 2.72. The van der Waals surface area contributed by atoms with Crippen molar-refractivity contribution in [3.63, 3.8) is 0 Å². The summed E-state index contributed by atoms with van der Waals surface area (Å²) in [6, 6.07) is 18.8. The van der Waals surface area contributed by atoms with Gasteiger partial charge in [0.25, 0.3) is 0 Å². The van der Waals surface area contributed by atoms with Gasteiger partial charge in [-0.15, -0.1) is 0 Å². The van der Waals surface area contributed by atoms with Gasteiger partial charge in [0, 0.05) is 18.7 Å². The van der Waals surface area contributed by atoms with Gasteiger partial charge in [-0.2, -0.15) is 0 Å². The number of carbonyl (C=O) groups is 1. The van der Waals surface area contributed by atoms with E-state index in [9.17, 15) is 4.79 Å². The van der Waals surface area contributed by atoms with E-state index in [1.165, 1.54) is 11.1 Å². The molecule has 1 aliphatic carbocycles. The third-order valence-corrected chi connectivity index (χ3v) is 6.23. The fraction of sp³-hybridized carbons (Fsp3) is 0.458. The van der Waals surface area contributed by atoms with Gasteiger partial charge in [0.05, 0.1) is 0 Å². The molecule has 0 aromatic heterocycles. The quantitative estimate of drug-likeness (QED) is 0.785. The number of likely N-dealkylation sites (tertiary alicyclic amines) is 1. The molecule has 1 fully saturated rings. The van der Waals surface area contributed by atoms with Crippen molar-refractivity contribution < 1.29 is 9.53 Å². The Morgan fingerprint density at radius 1 is 1.04 bits per heavy atom. The fourth-order valence-electron chi connectivity index (χ4n) is 4.78. The monoisotopic (exact) mass is 363 g/mol. The zero-order valence-electron chi connectivity index (χ0n) is 16.2. The zero-order chi connectivity index (χ0) is 18.7. The summed E-state index contributed by atoms with van der Waals surface area (Å²) < 4.78 is 6.16. The maximum atomic E-state index is 13.3. The predicted octanol–water partition coefficient (Wildman–Crippen LogP) is 4.47. The first kappa shape index (κ1) is 18.4. The van der Waals surface area contributed by atoms with E-state index in [2.05, 4.69) is 41.3 Å². The Morgan fingerprint density at radius 3 is 2.48 bits per heavy atom. The molecule has 27 heavy (non-hydrogen) atoms. The highest BCUT2D eigenvalue weighted by Crippen LogP contribution is 2.35. The Labute approximate surface area is 162 Å². The van der Waals surface area contributed by atoms with Crippen LogP contribution in [0.15, 0.2) is 54.6 Å². The number of piperidine rings is 1. The van der Waals surface area contributed by atoms with Gasteiger partial charge in [-0.1, -0.05) is 54.6 Å². The number of rotatable bonds is 5. The van der Waals surface area contributed by atoms with Crippen molar-refractivity contribution in [3.8, 4) is 0 Å². The molecule has 4 rings (SSSR count). The second-order valence-corrected chi connectivity index (χ2v) is 7.87. The van der Waals surface area contributed by atoms with Crippen LogP contribution in [0.25, 0.3) is 0 Å². The molecular weight excluding hydrogens is 334 g/mol. The average molecular weight is 364 g/mol. The molecule has 0 amide bonds. The first-order valence-corrected chi connectivity index (χ1v) is 10.3. The van der Waals surface area contributed by atoms with Crippen LogP contribution in [0.5, 0.6) is 0 Å². The Balaban J connectivity index is 1.46. The summed E-state index contributed by atoms with van der Waals surface area (Å²) in [7, 11) is 0. The highest BCUT2D eigenvalue weighted by Gasteiger charge is 2.44. The van der Waals surface area contributed by atoms with E-state index in [1.54, 1.807) is 0 Å². The lowest BCUT2D eigenvalue weighted by molar-refractivity contribution is -0.0491. The van der Waals surface area contributed by atoms with Crippen LogP contribution in [0.2, 0.25) is 0 Å². The largest absolute Gasteiger partial charge is 0.366 e. The second-order valence-electron chi connectivity index (χ2n) is 7.87. The summed E-state index contributed by atoms with van der Waals surface area (Å²) in [5.74, 6) is 0.810. The van der Waals surface area contributed by atoms with Gasteiger partial charge in [-0.3, -0.25) is 9.69 Å². The van der Waals surface area contributed by atoms with Crippen LogP contribution in [-0.4, -0.2) is 42.5 Å². The summed E-state index contributed by atoms with van der Waals surface area (Å²) in [4.78, 5) is 15.8. The molecule has 0 spiro atoms. The number of ketones is 1. The molecule has 1 heterocycles. The number of Topliss-reactive ketones (excluding diaryl/α,β-unsaturated/α-hetero) is 1. The van der Waals surface area contributed by atoms with Gasteiger partial charge in [0.2, 0.25) is 0 Å². The minimum Gasteiger partial charge on any atom is -0.366 e. The van der Waals surface area contributed by atoms with E-state index in [-0.39, 0.29) is 5.78 Å². The molecule has 3 heteroatoms. The lowest BCUT2D eigenvalue weighted by Crippen LogP contribution is -2.54. The molecule has 0 N–H and O–H groups in total. The van der Waals surface area contributed by atoms with Crippen molar-refractivity contribution in [1.82, 2.24) is 4.90 Å². The van der Waals surface area contributed by atoms with E-state index < -0.39 is 5.60 Å². The molecule has 0 bridgehead atoms. The summed E-state index contributed by atoms with van der Waals surface area (Å²) in [6.07, 6.45) is 4.01. The van der Waals surface area contributed by atoms with Crippen molar-refractivity contribution in [2.24, 2.45) is 0 Å². The van der Waals surface area contributed by atoms with Crippen molar-refractivity contribution in [3.05, 3.63) is 71.3 Å². The van der Waals surface area contributed by atoms with Gasteiger partial charge in [-0.05, 0) is 62.7 Å².